The molecule has 1 fully saturated rings. The van der Waals surface area contributed by atoms with Gasteiger partial charge in [-0.1, -0.05) is 30.3 Å². The van der Waals surface area contributed by atoms with E-state index in [0.717, 1.165) is 0 Å². The molecule has 35 heavy (non-hydrogen) atoms. The maximum atomic E-state index is 13.2. The van der Waals surface area contributed by atoms with Gasteiger partial charge in [-0.05, 0) is 60.7 Å². The highest BCUT2D eigenvalue weighted by molar-refractivity contribution is 6.51. The molecular weight excluding hydrogens is 446 g/mol. The Hall–Kier alpha value is -4.78. The van der Waals surface area contributed by atoms with Gasteiger partial charge in [-0.15, -0.1) is 0 Å². The van der Waals surface area contributed by atoms with Gasteiger partial charge in [0.2, 0.25) is 0 Å². The second-order valence-electron chi connectivity index (χ2n) is 7.79. The predicted molar refractivity (Wildman–Crippen MR) is 129 cm³/mol. The van der Waals surface area contributed by atoms with E-state index < -0.39 is 17.7 Å². The molecular formula is C28H21NO6. The number of carbonyl (C=O) groups is 2. The molecule has 7 heteroatoms. The van der Waals surface area contributed by atoms with E-state index >= 15 is 0 Å². The number of benzene rings is 3. The normalized spacial score (nSPS) is 16.9. The Morgan fingerprint density at radius 1 is 0.857 bits per heavy atom. The third-order valence-electron chi connectivity index (χ3n) is 5.71. The molecule has 1 N–H and O–H groups in total. The van der Waals surface area contributed by atoms with Crippen LogP contribution in [0.1, 0.15) is 17.4 Å². The molecule has 1 saturated heterocycles. The summed E-state index contributed by atoms with van der Waals surface area (Å²) >= 11 is 0. The molecule has 1 unspecified atom stereocenters. The fourth-order valence-electron chi connectivity index (χ4n) is 4.10. The topological polar surface area (TPSA) is 89.2 Å². The fraction of sp³-hybridized carbons (Fsp3) is 0.0714. The van der Waals surface area contributed by atoms with Gasteiger partial charge in [0, 0.05) is 5.69 Å². The van der Waals surface area contributed by atoms with Crippen molar-refractivity contribution in [2.45, 2.75) is 6.04 Å². The SMILES string of the molecule is COc1ccccc1/C(O)=C1/C(=O)C(=O)N(c2ccc(Oc3ccccc3)cc2)C1c1ccco1. The molecule has 1 amide bonds. The van der Waals surface area contributed by atoms with E-state index in [0.29, 0.717) is 34.3 Å². The summed E-state index contributed by atoms with van der Waals surface area (Å²) in [6.45, 7) is 0. The maximum Gasteiger partial charge on any atom is 0.300 e. The van der Waals surface area contributed by atoms with E-state index in [-0.39, 0.29) is 11.3 Å². The lowest BCUT2D eigenvalue weighted by Crippen LogP contribution is -2.29. The summed E-state index contributed by atoms with van der Waals surface area (Å²) in [5.74, 6) is 0.0167. The van der Waals surface area contributed by atoms with Gasteiger partial charge in [-0.3, -0.25) is 14.5 Å². The molecule has 0 bridgehead atoms. The average molecular weight is 467 g/mol. The Labute approximate surface area is 201 Å². The number of aliphatic hydroxyl groups is 1. The number of rotatable bonds is 6. The Bertz CT molecular complexity index is 1390. The number of amides is 1. The van der Waals surface area contributed by atoms with Gasteiger partial charge in [0.1, 0.15) is 34.8 Å². The van der Waals surface area contributed by atoms with E-state index in [1.165, 1.54) is 18.3 Å². The molecule has 2 heterocycles. The highest BCUT2D eigenvalue weighted by Crippen LogP contribution is 2.43. The summed E-state index contributed by atoms with van der Waals surface area (Å²) in [4.78, 5) is 27.7. The Balaban J connectivity index is 1.57. The van der Waals surface area contributed by atoms with Crippen LogP contribution in [0.15, 0.2) is 107 Å². The number of methoxy groups -OCH3 is 1. The second-order valence-corrected chi connectivity index (χ2v) is 7.79. The van der Waals surface area contributed by atoms with E-state index in [9.17, 15) is 14.7 Å². The summed E-state index contributed by atoms with van der Waals surface area (Å²) in [6.07, 6.45) is 1.45. The molecule has 4 aromatic rings. The van der Waals surface area contributed by atoms with Crippen molar-refractivity contribution in [1.82, 2.24) is 0 Å². The Kier molecular flexibility index (Phi) is 5.81. The molecule has 7 nitrogen and oxygen atoms in total. The number of para-hydroxylation sites is 2. The molecule has 0 aliphatic carbocycles. The Morgan fingerprint density at radius 3 is 2.23 bits per heavy atom. The van der Waals surface area contributed by atoms with E-state index in [1.54, 1.807) is 60.7 Å². The minimum Gasteiger partial charge on any atom is -0.507 e. The maximum absolute atomic E-state index is 13.2. The quantitative estimate of drug-likeness (QED) is 0.222. The van der Waals surface area contributed by atoms with Crippen molar-refractivity contribution in [2.75, 3.05) is 12.0 Å². The first-order valence-corrected chi connectivity index (χ1v) is 10.9. The lowest BCUT2D eigenvalue weighted by Gasteiger charge is -2.23. The number of hydrogen-bond acceptors (Lipinski definition) is 6. The number of Topliss-reactive ketones (excluding diaryl/α,β-unsaturated/α-hetero) is 1. The van der Waals surface area contributed by atoms with Crippen molar-refractivity contribution < 1.29 is 28.6 Å². The monoisotopic (exact) mass is 467 g/mol. The van der Waals surface area contributed by atoms with Gasteiger partial charge in [0.25, 0.3) is 11.7 Å². The minimum absolute atomic E-state index is 0.0842. The van der Waals surface area contributed by atoms with Crippen molar-refractivity contribution >= 4 is 23.1 Å². The first-order chi connectivity index (χ1) is 17.1. The average Bonchev–Trinajstić information content (AvgIpc) is 3.52. The van der Waals surface area contributed by atoms with Crippen LogP contribution >= 0.6 is 0 Å². The molecule has 1 aromatic heterocycles. The van der Waals surface area contributed by atoms with E-state index in [4.69, 9.17) is 13.9 Å². The Morgan fingerprint density at radius 2 is 1.54 bits per heavy atom. The van der Waals surface area contributed by atoms with Crippen molar-refractivity contribution in [1.29, 1.82) is 0 Å². The third-order valence-corrected chi connectivity index (χ3v) is 5.71. The summed E-state index contributed by atoms with van der Waals surface area (Å²) in [6, 6.07) is 25.2. The van der Waals surface area contributed by atoms with E-state index in [2.05, 4.69) is 0 Å². The first kappa shape index (κ1) is 22.0. The smallest absolute Gasteiger partial charge is 0.300 e. The standard InChI is InChI=1S/C28H21NO6/c1-33-22-11-6-5-10-21(22)26(30)24-25(23-12-7-17-34-23)29(28(32)27(24)31)18-13-15-20(16-14-18)35-19-8-3-2-4-9-19/h2-17,25,30H,1H3/b26-24-. The van der Waals surface area contributed by atoms with Crippen LogP contribution in [0.25, 0.3) is 5.76 Å². The summed E-state index contributed by atoms with van der Waals surface area (Å²) in [5, 5.41) is 11.2. The van der Waals surface area contributed by atoms with Gasteiger partial charge in [0.15, 0.2) is 0 Å². The van der Waals surface area contributed by atoms with Crippen molar-refractivity contribution in [3.63, 3.8) is 0 Å². The van der Waals surface area contributed by atoms with Crippen LogP contribution in [0.3, 0.4) is 0 Å². The molecule has 0 spiro atoms. The highest BCUT2D eigenvalue weighted by Gasteiger charge is 2.48. The fourth-order valence-corrected chi connectivity index (χ4v) is 4.10. The number of furan rings is 1. The highest BCUT2D eigenvalue weighted by atomic mass is 16.5. The molecule has 174 valence electrons. The summed E-state index contributed by atoms with van der Waals surface area (Å²) < 4.78 is 16.8. The summed E-state index contributed by atoms with van der Waals surface area (Å²) in [7, 11) is 1.47. The number of ketones is 1. The van der Waals surface area contributed by atoms with Crippen LogP contribution in [0, 0.1) is 0 Å². The zero-order chi connectivity index (χ0) is 24.4. The molecule has 0 saturated carbocycles. The van der Waals surface area contributed by atoms with Gasteiger partial charge >= 0.3 is 0 Å². The van der Waals surface area contributed by atoms with Gasteiger partial charge < -0.3 is 19.0 Å². The predicted octanol–water partition coefficient (Wildman–Crippen LogP) is 5.71. The number of nitrogens with zero attached hydrogens (tertiary/aromatic N) is 1. The molecule has 0 radical (unpaired) electrons. The lowest BCUT2D eigenvalue weighted by molar-refractivity contribution is -0.132. The molecule has 1 atom stereocenters. The van der Waals surface area contributed by atoms with Crippen LogP contribution < -0.4 is 14.4 Å². The zero-order valence-corrected chi connectivity index (χ0v) is 18.8. The van der Waals surface area contributed by atoms with Crippen LogP contribution in [-0.4, -0.2) is 23.9 Å². The molecule has 1 aliphatic heterocycles. The molecule has 5 rings (SSSR count). The first-order valence-electron chi connectivity index (χ1n) is 10.9. The van der Waals surface area contributed by atoms with Crippen molar-refractivity contribution in [2.24, 2.45) is 0 Å². The number of anilines is 1. The van der Waals surface area contributed by atoms with Crippen LogP contribution in [0.5, 0.6) is 17.2 Å². The van der Waals surface area contributed by atoms with Gasteiger partial charge in [-0.25, -0.2) is 0 Å². The van der Waals surface area contributed by atoms with Crippen LogP contribution in [0.2, 0.25) is 0 Å². The molecule has 1 aliphatic rings. The van der Waals surface area contributed by atoms with Crippen molar-refractivity contribution in [3.8, 4) is 17.2 Å². The zero-order valence-electron chi connectivity index (χ0n) is 18.8. The molecule has 3 aromatic carbocycles. The van der Waals surface area contributed by atoms with Crippen molar-refractivity contribution in [3.05, 3.63) is 114 Å². The number of ether oxygens (including phenoxy) is 2. The van der Waals surface area contributed by atoms with Gasteiger partial charge in [-0.2, -0.15) is 0 Å². The minimum atomic E-state index is -0.962. The van der Waals surface area contributed by atoms with Gasteiger partial charge in [0.05, 0.1) is 24.5 Å². The second kappa shape index (κ2) is 9.23. The largest absolute Gasteiger partial charge is 0.507 e. The number of hydrogen-bond donors (Lipinski definition) is 1. The number of aliphatic hydroxyl groups excluding tert-OH is 1. The lowest BCUT2D eigenvalue weighted by atomic mass is 9.98. The summed E-state index contributed by atoms with van der Waals surface area (Å²) in [5.41, 5.74) is 0.670. The van der Waals surface area contributed by atoms with Crippen LogP contribution in [-0.2, 0) is 9.59 Å². The van der Waals surface area contributed by atoms with Crippen LogP contribution in [0.4, 0.5) is 5.69 Å². The van der Waals surface area contributed by atoms with E-state index in [1.807, 2.05) is 30.3 Å². The number of carbonyl (C=O) groups excluding carboxylic acids is 2. The third kappa shape index (κ3) is 4.04.